The molecule has 0 aliphatic heterocycles. The molecule has 0 amide bonds. The molecule has 0 unspecified atom stereocenters. The Balaban J connectivity index is 0.000000134. The van der Waals surface area contributed by atoms with Gasteiger partial charge < -0.3 is 4.40 Å². The van der Waals surface area contributed by atoms with Gasteiger partial charge in [0.1, 0.15) is 12.2 Å². The van der Waals surface area contributed by atoms with Crippen molar-refractivity contribution in [1.82, 2.24) is 68.1 Å². The van der Waals surface area contributed by atoms with E-state index in [2.05, 4.69) is 138 Å². The summed E-state index contributed by atoms with van der Waals surface area (Å²) < 4.78 is 7.80. The molecule has 52 heavy (non-hydrogen) atoms. The summed E-state index contributed by atoms with van der Waals surface area (Å²) in [5.74, 6) is 2.60. The summed E-state index contributed by atoms with van der Waals surface area (Å²) >= 11 is 0. The van der Waals surface area contributed by atoms with Crippen LogP contribution in [0.3, 0.4) is 0 Å². The number of hydrogen-bond donors (Lipinski definition) is 0. The first-order chi connectivity index (χ1) is 24.4. The van der Waals surface area contributed by atoms with Crippen molar-refractivity contribution in [3.05, 3.63) is 109 Å². The summed E-state index contributed by atoms with van der Waals surface area (Å²) in [7, 11) is 0. The summed E-state index contributed by atoms with van der Waals surface area (Å²) in [4.78, 5) is 20.8. The van der Waals surface area contributed by atoms with Crippen molar-refractivity contribution in [2.45, 2.75) is 105 Å². The van der Waals surface area contributed by atoms with E-state index in [0.717, 1.165) is 34.4 Å². The first-order valence-corrected chi connectivity index (χ1v) is 17.2. The van der Waals surface area contributed by atoms with Crippen molar-refractivity contribution in [1.29, 1.82) is 0 Å². The minimum atomic E-state index is -0.0201. The Hall–Kier alpha value is -5.66. The van der Waals surface area contributed by atoms with Gasteiger partial charge in [-0.2, -0.15) is 9.61 Å². The number of fused-ring (bicyclic) bond motifs is 4. The van der Waals surface area contributed by atoms with Crippen molar-refractivity contribution in [3.8, 4) is 0 Å². The lowest BCUT2D eigenvalue weighted by molar-refractivity contribution is 0.526. The van der Waals surface area contributed by atoms with Crippen LogP contribution in [0, 0.1) is 0 Å². The summed E-state index contributed by atoms with van der Waals surface area (Å²) in [5, 5.41) is 20.5. The number of aromatic nitrogens is 14. The highest BCUT2D eigenvalue weighted by Gasteiger charge is 2.22. The summed E-state index contributed by atoms with van der Waals surface area (Å²) in [5.41, 5.74) is 5.18. The van der Waals surface area contributed by atoms with E-state index >= 15 is 0 Å². The third kappa shape index (κ3) is 8.61. The van der Waals surface area contributed by atoms with E-state index in [1.54, 1.807) is 41.8 Å². The molecular weight excluding hydrogens is 653 g/mol. The lowest BCUT2D eigenvalue weighted by Gasteiger charge is -2.17. The predicted octanol–water partition coefficient (Wildman–Crippen LogP) is 6.90. The maximum Gasteiger partial charge on any atom is 0.233 e. The Kier molecular flexibility index (Phi) is 10.5. The average molecular weight is 703 g/mol. The van der Waals surface area contributed by atoms with Gasteiger partial charge in [-0.3, -0.25) is 13.8 Å². The van der Waals surface area contributed by atoms with Gasteiger partial charge >= 0.3 is 0 Å². The largest absolute Gasteiger partial charge is 0.301 e. The Labute approximate surface area is 304 Å². The summed E-state index contributed by atoms with van der Waals surface area (Å²) in [6.45, 7) is 25.7. The molecule has 8 heterocycles. The minimum Gasteiger partial charge on any atom is -0.301 e. The van der Waals surface area contributed by atoms with E-state index in [-0.39, 0.29) is 21.7 Å². The zero-order valence-corrected chi connectivity index (χ0v) is 32.3. The Morgan fingerprint density at radius 3 is 1.81 bits per heavy atom. The number of rotatable bonds is 0. The molecule has 0 aliphatic rings. The molecule has 8 aromatic rings. The van der Waals surface area contributed by atoms with Gasteiger partial charge in [0.2, 0.25) is 5.78 Å². The molecule has 0 aromatic carbocycles. The third-order valence-electron chi connectivity index (χ3n) is 7.88. The van der Waals surface area contributed by atoms with E-state index in [9.17, 15) is 0 Å². The van der Waals surface area contributed by atoms with Crippen LogP contribution in [0.1, 0.15) is 106 Å². The molecule has 0 radical (unpaired) electrons. The molecule has 0 saturated carbocycles. The SMILES string of the molecule is CC(C)(C)c1cnc2cnccn12.CC(C)(C)c1cnc2ncccn12.CC(C)(C)c1nnc2cccnn12.CC(C)(C)c1nnc2ccncn12. The number of imidazole rings is 2. The molecule has 0 fully saturated rings. The average Bonchev–Trinajstić information content (AvgIpc) is 3.88. The highest BCUT2D eigenvalue weighted by Crippen LogP contribution is 2.24. The maximum atomic E-state index is 4.29. The van der Waals surface area contributed by atoms with Gasteiger partial charge in [0.15, 0.2) is 22.8 Å². The van der Waals surface area contributed by atoms with E-state index in [1.165, 1.54) is 11.4 Å². The van der Waals surface area contributed by atoms with E-state index in [4.69, 9.17) is 0 Å². The van der Waals surface area contributed by atoms with Gasteiger partial charge in [0.25, 0.3) is 0 Å². The van der Waals surface area contributed by atoms with E-state index < -0.39 is 0 Å². The Bertz CT molecular complexity index is 2030. The highest BCUT2D eigenvalue weighted by atomic mass is 15.4. The van der Waals surface area contributed by atoms with Crippen LogP contribution in [0.25, 0.3) is 22.7 Å². The molecule has 0 bridgehead atoms. The zero-order chi connectivity index (χ0) is 37.9. The van der Waals surface area contributed by atoms with Crippen LogP contribution >= 0.6 is 0 Å². The molecular formula is C38H50N14. The zero-order valence-electron chi connectivity index (χ0n) is 32.3. The van der Waals surface area contributed by atoms with Crippen LogP contribution in [-0.4, -0.2) is 68.1 Å². The molecule has 0 spiro atoms. The van der Waals surface area contributed by atoms with Crippen LogP contribution in [0.4, 0.5) is 0 Å². The van der Waals surface area contributed by atoms with Crippen LogP contribution in [0.15, 0.2) is 86.4 Å². The number of hydrogen-bond acceptors (Lipinski definition) is 10. The normalized spacial score (nSPS) is 12.2. The van der Waals surface area contributed by atoms with Crippen LogP contribution in [0.2, 0.25) is 0 Å². The first kappa shape index (κ1) is 37.6. The van der Waals surface area contributed by atoms with Crippen molar-refractivity contribution >= 4 is 22.7 Å². The molecule has 0 saturated heterocycles. The van der Waals surface area contributed by atoms with Crippen molar-refractivity contribution in [2.24, 2.45) is 0 Å². The molecule has 14 nitrogen and oxygen atoms in total. The molecule has 0 atom stereocenters. The Morgan fingerprint density at radius 2 is 1.12 bits per heavy atom. The third-order valence-corrected chi connectivity index (χ3v) is 7.88. The molecule has 0 aliphatic carbocycles. The van der Waals surface area contributed by atoms with Gasteiger partial charge in [-0.15, -0.1) is 20.4 Å². The molecule has 8 rings (SSSR count). The monoisotopic (exact) mass is 702 g/mol. The topological polar surface area (TPSA) is 147 Å². The van der Waals surface area contributed by atoms with E-state index in [0.29, 0.717) is 0 Å². The second-order valence-electron chi connectivity index (χ2n) is 16.5. The van der Waals surface area contributed by atoms with E-state index in [1.807, 2.05) is 57.9 Å². The fourth-order valence-electron chi connectivity index (χ4n) is 5.25. The fourth-order valence-corrected chi connectivity index (χ4v) is 5.25. The van der Waals surface area contributed by atoms with Gasteiger partial charge in [0, 0.05) is 82.5 Å². The minimum absolute atomic E-state index is 0.00243. The molecule has 0 N–H and O–H groups in total. The van der Waals surface area contributed by atoms with Crippen LogP contribution < -0.4 is 0 Å². The lowest BCUT2D eigenvalue weighted by Crippen LogP contribution is -2.16. The summed E-state index contributed by atoms with van der Waals surface area (Å²) in [6.07, 6.45) is 18.3. The Morgan fingerprint density at radius 1 is 0.462 bits per heavy atom. The maximum absolute atomic E-state index is 4.29. The summed E-state index contributed by atoms with van der Waals surface area (Å²) in [6, 6.07) is 7.53. The molecule has 14 heteroatoms. The fraction of sp³-hybridized carbons (Fsp3) is 0.421. The molecule has 272 valence electrons. The second kappa shape index (κ2) is 14.5. The predicted molar refractivity (Wildman–Crippen MR) is 202 cm³/mol. The standard InChI is InChI=1S/2C10H13N3.2C9H12N4/c1-10(2,3)8-6-12-9-7-11-4-5-13(8)9;1-10(2,3)8-7-12-9-11-5-4-6-13(8)9;1-9(2,3)8-12-11-7-4-5-10-6-13(7)8;1-9(2,3)8-12-11-7-5-4-6-10-13(7)8/h2*4-7H,1-3H3;2*4-6H,1-3H3. The van der Waals surface area contributed by atoms with Gasteiger partial charge in [-0.1, -0.05) is 83.1 Å². The van der Waals surface area contributed by atoms with Crippen LogP contribution in [0.5, 0.6) is 0 Å². The molecule has 8 aromatic heterocycles. The first-order valence-electron chi connectivity index (χ1n) is 17.2. The highest BCUT2D eigenvalue weighted by molar-refractivity contribution is 5.39. The van der Waals surface area contributed by atoms with Crippen molar-refractivity contribution in [3.63, 3.8) is 0 Å². The number of nitrogens with zero attached hydrogens (tertiary/aromatic N) is 14. The van der Waals surface area contributed by atoms with Gasteiger partial charge in [0.05, 0.1) is 12.4 Å². The van der Waals surface area contributed by atoms with Gasteiger partial charge in [-0.05, 0) is 18.2 Å². The second-order valence-corrected chi connectivity index (χ2v) is 16.5. The van der Waals surface area contributed by atoms with Crippen molar-refractivity contribution in [2.75, 3.05) is 0 Å². The lowest BCUT2D eigenvalue weighted by atomic mass is 9.93. The van der Waals surface area contributed by atoms with Crippen LogP contribution in [-0.2, 0) is 21.7 Å². The van der Waals surface area contributed by atoms with Crippen molar-refractivity contribution < 1.29 is 0 Å². The quantitative estimate of drug-likeness (QED) is 0.164. The smallest absolute Gasteiger partial charge is 0.233 e. The van der Waals surface area contributed by atoms with Gasteiger partial charge in [-0.25, -0.2) is 19.9 Å².